The number of allylic oxidation sites excluding steroid dienone is 4. The van der Waals surface area contributed by atoms with E-state index in [2.05, 4.69) is 0 Å². The lowest BCUT2D eigenvalue weighted by atomic mass is 10.1. The van der Waals surface area contributed by atoms with Crippen molar-refractivity contribution >= 4 is 0 Å². The largest absolute Gasteiger partial charge is 0.400 e. The van der Waals surface area contributed by atoms with Gasteiger partial charge < -0.3 is 5.73 Å². The van der Waals surface area contributed by atoms with Gasteiger partial charge in [0, 0.05) is 18.2 Å². The van der Waals surface area contributed by atoms with Crippen molar-refractivity contribution < 1.29 is 8.78 Å². The highest BCUT2D eigenvalue weighted by Crippen LogP contribution is 2.21. The molecule has 0 atom stereocenters. The molecule has 0 aliphatic heterocycles. The molecule has 0 unspecified atom stereocenters. The molecule has 3 heteroatoms. The van der Waals surface area contributed by atoms with Crippen LogP contribution in [0.5, 0.6) is 0 Å². The number of nitrogens with two attached hydrogens (primary N) is 1. The summed E-state index contributed by atoms with van der Waals surface area (Å²) in [5.74, 6) is -1.06. The van der Waals surface area contributed by atoms with Crippen LogP contribution in [0.2, 0.25) is 0 Å². The summed E-state index contributed by atoms with van der Waals surface area (Å²) in [5, 5.41) is 0. The molecule has 0 spiro atoms. The predicted octanol–water partition coefficient (Wildman–Crippen LogP) is 1.77. The summed E-state index contributed by atoms with van der Waals surface area (Å²) < 4.78 is 24.4. The molecule has 1 nitrogen and oxygen atoms in total. The number of halogens is 2. The normalized spacial score (nSPS) is 20.0. The number of hydrogen-bond acceptors (Lipinski definition) is 1. The first-order chi connectivity index (χ1) is 4.20. The summed E-state index contributed by atoms with van der Waals surface area (Å²) in [6, 6.07) is 0. The van der Waals surface area contributed by atoms with Crippen LogP contribution in [0.4, 0.5) is 8.78 Å². The van der Waals surface area contributed by atoms with E-state index in [-0.39, 0.29) is 12.1 Å². The first-order valence-corrected chi connectivity index (χ1v) is 2.70. The lowest BCUT2D eigenvalue weighted by Gasteiger charge is -2.05. The molecule has 1 rings (SSSR count). The molecule has 2 N–H and O–H groups in total. The summed E-state index contributed by atoms with van der Waals surface area (Å²) >= 11 is 0. The molecule has 1 aliphatic carbocycles. The smallest absolute Gasteiger partial charge is 0.144 e. The molecule has 0 aromatic rings. The quantitative estimate of drug-likeness (QED) is 0.532. The molecule has 0 amide bonds. The topological polar surface area (TPSA) is 26.0 Å². The van der Waals surface area contributed by atoms with Crippen LogP contribution < -0.4 is 5.73 Å². The highest BCUT2D eigenvalue weighted by Gasteiger charge is 2.09. The van der Waals surface area contributed by atoms with Gasteiger partial charge in [0.05, 0.1) is 0 Å². The Morgan fingerprint density at radius 1 is 1.33 bits per heavy atom. The molecule has 0 bridgehead atoms. The first kappa shape index (κ1) is 6.26. The van der Waals surface area contributed by atoms with Crippen molar-refractivity contribution in [3.63, 3.8) is 0 Å². The Morgan fingerprint density at radius 3 is 2.44 bits per heavy atom. The molecule has 0 radical (unpaired) electrons. The van der Waals surface area contributed by atoms with Gasteiger partial charge in [-0.15, -0.1) is 0 Å². The van der Waals surface area contributed by atoms with Gasteiger partial charge in [-0.2, -0.15) is 0 Å². The molecular weight excluding hydrogens is 124 g/mol. The zero-order valence-electron chi connectivity index (χ0n) is 4.82. The van der Waals surface area contributed by atoms with Crippen LogP contribution >= 0.6 is 0 Å². The van der Waals surface area contributed by atoms with Crippen molar-refractivity contribution in [1.82, 2.24) is 0 Å². The fourth-order valence-electron chi connectivity index (χ4n) is 0.676. The Kier molecular flexibility index (Phi) is 1.51. The number of rotatable bonds is 0. The minimum Gasteiger partial charge on any atom is -0.400 e. The third-order valence-electron chi connectivity index (χ3n) is 1.22. The molecule has 50 valence electrons. The van der Waals surface area contributed by atoms with E-state index in [1.807, 2.05) is 0 Å². The van der Waals surface area contributed by atoms with Gasteiger partial charge in [-0.25, -0.2) is 8.78 Å². The maximum atomic E-state index is 12.3. The van der Waals surface area contributed by atoms with E-state index < -0.39 is 11.7 Å². The summed E-state index contributed by atoms with van der Waals surface area (Å²) in [6.45, 7) is 0. The molecule has 0 saturated heterocycles. The molecule has 0 heterocycles. The molecule has 1 aliphatic rings. The maximum absolute atomic E-state index is 12.3. The van der Waals surface area contributed by atoms with Gasteiger partial charge in [0.15, 0.2) is 0 Å². The summed E-state index contributed by atoms with van der Waals surface area (Å²) in [4.78, 5) is 0. The van der Waals surface area contributed by atoms with Crippen LogP contribution in [-0.4, -0.2) is 0 Å². The fourth-order valence-corrected chi connectivity index (χ4v) is 0.676. The van der Waals surface area contributed by atoms with E-state index in [0.717, 1.165) is 6.08 Å². The molecule has 0 fully saturated rings. The second-order valence-corrected chi connectivity index (χ2v) is 1.96. The second kappa shape index (κ2) is 2.17. The van der Waals surface area contributed by atoms with E-state index in [1.165, 1.54) is 0 Å². The van der Waals surface area contributed by atoms with E-state index >= 15 is 0 Å². The van der Waals surface area contributed by atoms with Crippen LogP contribution in [0, 0.1) is 0 Å². The van der Waals surface area contributed by atoms with Crippen molar-refractivity contribution in [3.05, 3.63) is 23.4 Å². The van der Waals surface area contributed by atoms with Gasteiger partial charge in [-0.3, -0.25) is 0 Å². The van der Waals surface area contributed by atoms with Gasteiger partial charge in [0.2, 0.25) is 0 Å². The third kappa shape index (κ3) is 1.28. The van der Waals surface area contributed by atoms with Gasteiger partial charge in [0.1, 0.15) is 11.7 Å². The minimum atomic E-state index is -0.626. The van der Waals surface area contributed by atoms with Crippen molar-refractivity contribution in [1.29, 1.82) is 0 Å². The minimum absolute atomic E-state index is 0.149. The SMILES string of the molecule is NC1=C(F)C=C(F)CC1. The third-order valence-corrected chi connectivity index (χ3v) is 1.22. The highest BCUT2D eigenvalue weighted by atomic mass is 19.1. The maximum Gasteiger partial charge on any atom is 0.144 e. The highest BCUT2D eigenvalue weighted by molar-refractivity contribution is 5.24. The molecule has 0 aromatic heterocycles. The first-order valence-electron chi connectivity index (χ1n) is 2.70. The Hall–Kier alpha value is -0.860. The Bertz CT molecular complexity index is 181. The van der Waals surface area contributed by atoms with Crippen molar-refractivity contribution in [3.8, 4) is 0 Å². The van der Waals surface area contributed by atoms with Gasteiger partial charge in [-0.05, 0) is 6.42 Å². The standard InChI is InChI=1S/C6H7F2N/c7-4-1-2-6(9)5(8)3-4/h3H,1-2,9H2. The zero-order chi connectivity index (χ0) is 6.85. The molecular formula is C6H7F2N. The van der Waals surface area contributed by atoms with Crippen molar-refractivity contribution in [2.24, 2.45) is 5.73 Å². The van der Waals surface area contributed by atoms with E-state index in [9.17, 15) is 8.78 Å². The van der Waals surface area contributed by atoms with Crippen LogP contribution in [0.1, 0.15) is 12.8 Å². The summed E-state index contributed by atoms with van der Waals surface area (Å²) in [5.41, 5.74) is 5.28. The van der Waals surface area contributed by atoms with Crippen molar-refractivity contribution in [2.45, 2.75) is 12.8 Å². The van der Waals surface area contributed by atoms with Crippen LogP contribution in [0.3, 0.4) is 0 Å². The molecule has 9 heavy (non-hydrogen) atoms. The van der Waals surface area contributed by atoms with Crippen LogP contribution in [0.15, 0.2) is 23.4 Å². The Labute approximate surface area is 51.8 Å². The average molecular weight is 131 g/mol. The van der Waals surface area contributed by atoms with E-state index in [1.54, 1.807) is 0 Å². The van der Waals surface area contributed by atoms with E-state index in [4.69, 9.17) is 5.73 Å². The molecule has 0 saturated carbocycles. The Morgan fingerprint density at radius 2 is 2.00 bits per heavy atom. The predicted molar refractivity (Wildman–Crippen MR) is 30.7 cm³/mol. The average Bonchev–Trinajstić information content (AvgIpc) is 1.80. The fraction of sp³-hybridized carbons (Fsp3) is 0.333. The van der Waals surface area contributed by atoms with Gasteiger partial charge in [0.25, 0.3) is 0 Å². The van der Waals surface area contributed by atoms with Gasteiger partial charge in [-0.1, -0.05) is 0 Å². The van der Waals surface area contributed by atoms with Gasteiger partial charge >= 0.3 is 0 Å². The second-order valence-electron chi connectivity index (χ2n) is 1.96. The lowest BCUT2D eigenvalue weighted by Crippen LogP contribution is -2.03. The van der Waals surface area contributed by atoms with Crippen LogP contribution in [0.25, 0.3) is 0 Å². The summed E-state index contributed by atoms with van der Waals surface area (Å²) in [7, 11) is 0. The molecule has 0 aromatic carbocycles. The van der Waals surface area contributed by atoms with Crippen LogP contribution in [-0.2, 0) is 0 Å². The van der Waals surface area contributed by atoms with Crippen molar-refractivity contribution in [2.75, 3.05) is 0 Å². The zero-order valence-corrected chi connectivity index (χ0v) is 4.82. The Balaban J connectivity index is 2.83. The van der Waals surface area contributed by atoms with E-state index in [0.29, 0.717) is 6.42 Å². The number of hydrogen-bond donors (Lipinski definition) is 1. The summed E-state index contributed by atoms with van der Waals surface area (Å²) in [6.07, 6.45) is 1.37. The lowest BCUT2D eigenvalue weighted by molar-refractivity contribution is 0.545. The monoisotopic (exact) mass is 131 g/mol.